The summed E-state index contributed by atoms with van der Waals surface area (Å²) in [4.78, 5) is 0. The summed E-state index contributed by atoms with van der Waals surface area (Å²) in [5.74, 6) is 0. The van der Waals surface area contributed by atoms with E-state index in [2.05, 4.69) is 43.4 Å². The van der Waals surface area contributed by atoms with Gasteiger partial charge in [0.1, 0.15) is 0 Å². The molecule has 0 unspecified atom stereocenters. The largest absolute Gasteiger partial charge is 0.380 e. The molecule has 0 fully saturated rings. The van der Waals surface area contributed by atoms with Gasteiger partial charge in [0.05, 0.1) is 6.61 Å². The predicted octanol–water partition coefficient (Wildman–Crippen LogP) is 2.68. The quantitative estimate of drug-likeness (QED) is 0.724. The highest BCUT2D eigenvalue weighted by Crippen LogP contribution is 2.13. The first kappa shape index (κ1) is 12.2. The second-order valence-corrected chi connectivity index (χ2v) is 3.79. The summed E-state index contributed by atoms with van der Waals surface area (Å²) in [5.41, 5.74) is 2.65. The van der Waals surface area contributed by atoms with Gasteiger partial charge in [-0.25, -0.2) is 0 Å². The molecule has 2 nitrogen and oxygen atoms in total. The third-order valence-corrected chi connectivity index (χ3v) is 2.44. The van der Waals surface area contributed by atoms with Crippen LogP contribution in [0.3, 0.4) is 0 Å². The Morgan fingerprint density at radius 3 is 2.87 bits per heavy atom. The van der Waals surface area contributed by atoms with Gasteiger partial charge in [-0.05, 0) is 26.3 Å². The van der Waals surface area contributed by atoms with E-state index >= 15 is 0 Å². The SMILES string of the molecule is CCOCCN[C@H](C)c1cccc(C)c1. The highest BCUT2D eigenvalue weighted by Gasteiger charge is 2.03. The monoisotopic (exact) mass is 207 g/mol. The van der Waals surface area contributed by atoms with E-state index < -0.39 is 0 Å². The van der Waals surface area contributed by atoms with Crippen LogP contribution in [0.2, 0.25) is 0 Å². The molecule has 0 spiro atoms. The van der Waals surface area contributed by atoms with E-state index in [1.807, 2.05) is 6.92 Å². The fourth-order valence-electron chi connectivity index (χ4n) is 1.55. The van der Waals surface area contributed by atoms with Crippen LogP contribution in [-0.2, 0) is 4.74 Å². The molecule has 0 saturated heterocycles. The van der Waals surface area contributed by atoms with Crippen molar-refractivity contribution in [3.8, 4) is 0 Å². The van der Waals surface area contributed by atoms with E-state index in [4.69, 9.17) is 4.74 Å². The first-order valence-electron chi connectivity index (χ1n) is 5.61. The summed E-state index contributed by atoms with van der Waals surface area (Å²) in [5, 5.41) is 3.44. The first-order valence-corrected chi connectivity index (χ1v) is 5.61. The zero-order valence-corrected chi connectivity index (χ0v) is 9.92. The Labute approximate surface area is 92.6 Å². The summed E-state index contributed by atoms with van der Waals surface area (Å²) < 4.78 is 5.28. The molecule has 84 valence electrons. The van der Waals surface area contributed by atoms with Gasteiger partial charge in [-0.15, -0.1) is 0 Å². The molecule has 0 aromatic heterocycles. The molecule has 15 heavy (non-hydrogen) atoms. The average molecular weight is 207 g/mol. The molecule has 1 aromatic rings. The Balaban J connectivity index is 2.36. The fraction of sp³-hybridized carbons (Fsp3) is 0.538. The Hall–Kier alpha value is -0.860. The van der Waals surface area contributed by atoms with E-state index in [1.165, 1.54) is 11.1 Å². The van der Waals surface area contributed by atoms with Gasteiger partial charge in [-0.2, -0.15) is 0 Å². The molecule has 0 saturated carbocycles. The van der Waals surface area contributed by atoms with Crippen LogP contribution in [0.15, 0.2) is 24.3 Å². The highest BCUT2D eigenvalue weighted by atomic mass is 16.5. The number of nitrogens with one attached hydrogen (secondary N) is 1. The molecule has 0 aliphatic carbocycles. The molecular formula is C13H21NO. The molecule has 1 atom stereocenters. The molecule has 0 bridgehead atoms. The van der Waals surface area contributed by atoms with E-state index in [0.29, 0.717) is 6.04 Å². The normalized spacial score (nSPS) is 12.7. The second kappa shape index (κ2) is 6.59. The smallest absolute Gasteiger partial charge is 0.0590 e. The molecular weight excluding hydrogens is 186 g/mol. The third kappa shape index (κ3) is 4.45. The molecule has 1 N–H and O–H groups in total. The van der Waals surface area contributed by atoms with Crippen LogP contribution in [-0.4, -0.2) is 19.8 Å². The predicted molar refractivity (Wildman–Crippen MR) is 64.1 cm³/mol. The average Bonchev–Trinajstić information content (AvgIpc) is 2.24. The van der Waals surface area contributed by atoms with Crippen LogP contribution < -0.4 is 5.32 Å². The Bertz CT molecular complexity index is 286. The van der Waals surface area contributed by atoms with Gasteiger partial charge in [0.25, 0.3) is 0 Å². The van der Waals surface area contributed by atoms with Crippen LogP contribution in [0.25, 0.3) is 0 Å². The van der Waals surface area contributed by atoms with E-state index in [0.717, 1.165) is 19.8 Å². The summed E-state index contributed by atoms with van der Waals surface area (Å²) >= 11 is 0. The Kier molecular flexibility index (Phi) is 5.37. The topological polar surface area (TPSA) is 21.3 Å². The summed E-state index contributed by atoms with van der Waals surface area (Å²) in [6.07, 6.45) is 0. The van der Waals surface area contributed by atoms with Crippen LogP contribution in [0.5, 0.6) is 0 Å². The van der Waals surface area contributed by atoms with E-state index in [1.54, 1.807) is 0 Å². The molecule has 0 heterocycles. The Morgan fingerprint density at radius 1 is 1.40 bits per heavy atom. The second-order valence-electron chi connectivity index (χ2n) is 3.79. The van der Waals surface area contributed by atoms with Crippen molar-refractivity contribution >= 4 is 0 Å². The van der Waals surface area contributed by atoms with Crippen molar-refractivity contribution in [3.05, 3.63) is 35.4 Å². The number of rotatable bonds is 6. The van der Waals surface area contributed by atoms with Crippen molar-refractivity contribution in [2.75, 3.05) is 19.8 Å². The lowest BCUT2D eigenvalue weighted by Crippen LogP contribution is -2.23. The van der Waals surface area contributed by atoms with Gasteiger partial charge in [-0.3, -0.25) is 0 Å². The molecule has 2 heteroatoms. The van der Waals surface area contributed by atoms with Crippen molar-refractivity contribution in [2.24, 2.45) is 0 Å². The molecule has 1 rings (SSSR count). The zero-order chi connectivity index (χ0) is 11.1. The summed E-state index contributed by atoms with van der Waals surface area (Å²) in [6, 6.07) is 9.00. The van der Waals surface area contributed by atoms with Gasteiger partial charge in [0.2, 0.25) is 0 Å². The maximum Gasteiger partial charge on any atom is 0.0590 e. The van der Waals surface area contributed by atoms with Crippen LogP contribution in [0.1, 0.15) is 31.0 Å². The minimum atomic E-state index is 0.394. The van der Waals surface area contributed by atoms with Crippen molar-refractivity contribution in [2.45, 2.75) is 26.8 Å². The van der Waals surface area contributed by atoms with Crippen molar-refractivity contribution < 1.29 is 4.74 Å². The van der Waals surface area contributed by atoms with E-state index in [9.17, 15) is 0 Å². The number of hydrogen-bond donors (Lipinski definition) is 1. The Morgan fingerprint density at radius 2 is 2.20 bits per heavy atom. The third-order valence-electron chi connectivity index (χ3n) is 2.44. The minimum Gasteiger partial charge on any atom is -0.380 e. The lowest BCUT2D eigenvalue weighted by molar-refractivity contribution is 0.147. The summed E-state index contributed by atoms with van der Waals surface area (Å²) in [7, 11) is 0. The zero-order valence-electron chi connectivity index (χ0n) is 9.92. The number of aryl methyl sites for hydroxylation is 1. The minimum absolute atomic E-state index is 0.394. The standard InChI is InChI=1S/C13H21NO/c1-4-15-9-8-14-12(3)13-7-5-6-11(2)10-13/h5-7,10,12,14H,4,8-9H2,1-3H3/t12-/m1/s1. The molecule has 0 aliphatic rings. The van der Waals surface area contributed by atoms with Crippen LogP contribution in [0, 0.1) is 6.92 Å². The van der Waals surface area contributed by atoms with Crippen molar-refractivity contribution in [1.82, 2.24) is 5.32 Å². The molecule has 0 radical (unpaired) electrons. The number of ether oxygens (including phenoxy) is 1. The fourth-order valence-corrected chi connectivity index (χ4v) is 1.55. The van der Waals surface area contributed by atoms with Gasteiger partial charge in [0, 0.05) is 19.2 Å². The van der Waals surface area contributed by atoms with Crippen molar-refractivity contribution in [1.29, 1.82) is 0 Å². The van der Waals surface area contributed by atoms with Crippen LogP contribution in [0.4, 0.5) is 0 Å². The maximum atomic E-state index is 5.28. The summed E-state index contributed by atoms with van der Waals surface area (Å²) in [6.45, 7) is 8.80. The van der Waals surface area contributed by atoms with Gasteiger partial charge >= 0.3 is 0 Å². The molecule has 0 amide bonds. The molecule has 0 aliphatic heterocycles. The van der Waals surface area contributed by atoms with Gasteiger partial charge in [-0.1, -0.05) is 29.8 Å². The van der Waals surface area contributed by atoms with Crippen LogP contribution >= 0.6 is 0 Å². The lowest BCUT2D eigenvalue weighted by atomic mass is 10.1. The lowest BCUT2D eigenvalue weighted by Gasteiger charge is -2.14. The van der Waals surface area contributed by atoms with E-state index in [-0.39, 0.29) is 0 Å². The van der Waals surface area contributed by atoms with Crippen molar-refractivity contribution in [3.63, 3.8) is 0 Å². The molecule has 1 aromatic carbocycles. The maximum absolute atomic E-state index is 5.28. The number of hydrogen-bond acceptors (Lipinski definition) is 2. The van der Waals surface area contributed by atoms with Gasteiger partial charge < -0.3 is 10.1 Å². The highest BCUT2D eigenvalue weighted by molar-refractivity contribution is 5.24. The van der Waals surface area contributed by atoms with Gasteiger partial charge in [0.15, 0.2) is 0 Å². The first-order chi connectivity index (χ1) is 7.24. The number of benzene rings is 1.